The van der Waals surface area contributed by atoms with Crippen molar-refractivity contribution in [2.45, 2.75) is 26.4 Å². The topological polar surface area (TPSA) is 37.4 Å². The van der Waals surface area contributed by atoms with Crippen molar-refractivity contribution in [2.75, 3.05) is 32.2 Å². The second-order valence-corrected chi connectivity index (χ2v) is 4.47. The number of aromatic nitrogens is 1. The van der Waals surface area contributed by atoms with Crippen LogP contribution in [0.1, 0.15) is 19.4 Å². The molecule has 0 aliphatic carbocycles. The maximum atomic E-state index is 5.06. The van der Waals surface area contributed by atoms with Crippen LogP contribution in [0.3, 0.4) is 0 Å². The quantitative estimate of drug-likeness (QED) is 0.782. The summed E-state index contributed by atoms with van der Waals surface area (Å²) >= 11 is 0. The van der Waals surface area contributed by atoms with Crippen molar-refractivity contribution in [3.8, 4) is 0 Å². The van der Waals surface area contributed by atoms with Gasteiger partial charge in [0.1, 0.15) is 5.82 Å². The van der Waals surface area contributed by atoms with E-state index >= 15 is 0 Å². The van der Waals surface area contributed by atoms with Gasteiger partial charge in [0, 0.05) is 39.5 Å². The van der Waals surface area contributed by atoms with Crippen LogP contribution in [0.15, 0.2) is 18.3 Å². The van der Waals surface area contributed by atoms with Gasteiger partial charge in [0.25, 0.3) is 0 Å². The smallest absolute Gasteiger partial charge is 0.128 e. The predicted octanol–water partition coefficient (Wildman–Crippen LogP) is 1.66. The van der Waals surface area contributed by atoms with Crippen LogP contribution in [0, 0.1) is 0 Å². The molecule has 17 heavy (non-hydrogen) atoms. The van der Waals surface area contributed by atoms with Gasteiger partial charge in [-0.15, -0.1) is 0 Å². The first-order chi connectivity index (χ1) is 8.13. The summed E-state index contributed by atoms with van der Waals surface area (Å²) in [5.74, 6) is 0.991. The number of hydrogen-bond donors (Lipinski definition) is 1. The highest BCUT2D eigenvalue weighted by Gasteiger charge is 2.03. The summed E-state index contributed by atoms with van der Waals surface area (Å²) < 4.78 is 5.06. The van der Waals surface area contributed by atoms with Crippen LogP contribution >= 0.6 is 0 Å². The van der Waals surface area contributed by atoms with Crippen LogP contribution in [0.2, 0.25) is 0 Å². The predicted molar refractivity (Wildman–Crippen MR) is 71.4 cm³/mol. The third-order valence-corrected chi connectivity index (χ3v) is 2.55. The molecule has 1 aromatic heterocycles. The zero-order chi connectivity index (χ0) is 12.7. The number of anilines is 1. The van der Waals surface area contributed by atoms with E-state index in [1.807, 2.05) is 19.3 Å². The molecule has 0 aliphatic heterocycles. The van der Waals surface area contributed by atoms with Crippen molar-refractivity contribution < 1.29 is 4.74 Å². The fraction of sp³-hybridized carbons (Fsp3) is 0.615. The summed E-state index contributed by atoms with van der Waals surface area (Å²) in [4.78, 5) is 6.46. The van der Waals surface area contributed by atoms with Gasteiger partial charge in [0.2, 0.25) is 0 Å². The molecule has 0 amide bonds. The summed E-state index contributed by atoms with van der Waals surface area (Å²) in [5, 5.41) is 3.40. The summed E-state index contributed by atoms with van der Waals surface area (Å²) in [7, 11) is 3.74. The SMILES string of the molecule is COCCN(C)c1cc(CNC(C)C)ccn1. The number of ether oxygens (including phenoxy) is 1. The normalized spacial score (nSPS) is 10.9. The highest BCUT2D eigenvalue weighted by atomic mass is 16.5. The van der Waals surface area contributed by atoms with Crippen LogP contribution in [-0.4, -0.2) is 38.3 Å². The Kier molecular flexibility index (Phi) is 5.94. The first kappa shape index (κ1) is 13.9. The lowest BCUT2D eigenvalue weighted by Gasteiger charge is -2.18. The third kappa shape index (κ3) is 5.15. The first-order valence-corrected chi connectivity index (χ1v) is 6.02. The maximum absolute atomic E-state index is 5.06. The van der Waals surface area contributed by atoms with Crippen molar-refractivity contribution in [2.24, 2.45) is 0 Å². The van der Waals surface area contributed by atoms with Crippen LogP contribution in [0.5, 0.6) is 0 Å². The van der Waals surface area contributed by atoms with Gasteiger partial charge < -0.3 is 15.0 Å². The van der Waals surface area contributed by atoms with Crippen molar-refractivity contribution in [1.82, 2.24) is 10.3 Å². The Bertz CT molecular complexity index is 328. The third-order valence-electron chi connectivity index (χ3n) is 2.55. The van der Waals surface area contributed by atoms with Crippen LogP contribution in [-0.2, 0) is 11.3 Å². The molecule has 4 heteroatoms. The van der Waals surface area contributed by atoms with Gasteiger partial charge in [-0.2, -0.15) is 0 Å². The van der Waals surface area contributed by atoms with E-state index < -0.39 is 0 Å². The summed E-state index contributed by atoms with van der Waals surface area (Å²) in [6.07, 6.45) is 1.86. The van der Waals surface area contributed by atoms with E-state index in [1.54, 1.807) is 7.11 Å². The van der Waals surface area contributed by atoms with Crippen LogP contribution in [0.4, 0.5) is 5.82 Å². The summed E-state index contributed by atoms with van der Waals surface area (Å²) in [5.41, 5.74) is 1.26. The molecule has 0 bridgehead atoms. The van der Waals surface area contributed by atoms with E-state index in [-0.39, 0.29) is 0 Å². The Morgan fingerprint density at radius 1 is 1.47 bits per heavy atom. The van der Waals surface area contributed by atoms with Crippen molar-refractivity contribution in [3.05, 3.63) is 23.9 Å². The van der Waals surface area contributed by atoms with Gasteiger partial charge in [-0.05, 0) is 17.7 Å². The van der Waals surface area contributed by atoms with E-state index in [0.717, 1.165) is 18.9 Å². The molecular weight excluding hydrogens is 214 g/mol. The van der Waals surface area contributed by atoms with E-state index in [4.69, 9.17) is 4.74 Å². The zero-order valence-electron chi connectivity index (χ0n) is 11.2. The Morgan fingerprint density at radius 3 is 2.88 bits per heavy atom. The molecule has 0 saturated heterocycles. The molecule has 1 N–H and O–H groups in total. The van der Waals surface area contributed by atoms with Gasteiger partial charge in [0.05, 0.1) is 6.61 Å². The number of likely N-dealkylation sites (N-methyl/N-ethyl adjacent to an activating group) is 1. The number of nitrogens with one attached hydrogen (secondary N) is 1. The van der Waals surface area contributed by atoms with E-state index in [2.05, 4.69) is 35.1 Å². The molecule has 0 radical (unpaired) electrons. The number of pyridine rings is 1. The Morgan fingerprint density at radius 2 is 2.24 bits per heavy atom. The minimum absolute atomic E-state index is 0.498. The highest BCUT2D eigenvalue weighted by molar-refractivity contribution is 5.39. The first-order valence-electron chi connectivity index (χ1n) is 6.02. The maximum Gasteiger partial charge on any atom is 0.128 e. The Hall–Kier alpha value is -1.13. The second-order valence-electron chi connectivity index (χ2n) is 4.47. The van der Waals surface area contributed by atoms with Gasteiger partial charge in [-0.1, -0.05) is 13.8 Å². The number of rotatable bonds is 7. The van der Waals surface area contributed by atoms with Crippen molar-refractivity contribution >= 4 is 5.82 Å². The van der Waals surface area contributed by atoms with Crippen molar-refractivity contribution in [1.29, 1.82) is 0 Å². The fourth-order valence-corrected chi connectivity index (χ4v) is 1.44. The molecular formula is C13H23N3O. The van der Waals surface area contributed by atoms with Crippen molar-refractivity contribution in [3.63, 3.8) is 0 Å². The molecule has 4 nitrogen and oxygen atoms in total. The number of methoxy groups -OCH3 is 1. The van der Waals surface area contributed by atoms with Gasteiger partial charge in [0.15, 0.2) is 0 Å². The van der Waals surface area contributed by atoms with E-state index in [9.17, 15) is 0 Å². The zero-order valence-corrected chi connectivity index (χ0v) is 11.2. The second kappa shape index (κ2) is 7.25. The molecule has 0 unspecified atom stereocenters. The molecule has 1 rings (SSSR count). The molecule has 0 atom stereocenters. The minimum Gasteiger partial charge on any atom is -0.383 e. The lowest BCUT2D eigenvalue weighted by Crippen LogP contribution is -2.24. The molecule has 0 saturated carbocycles. The highest BCUT2D eigenvalue weighted by Crippen LogP contribution is 2.10. The lowest BCUT2D eigenvalue weighted by atomic mass is 10.2. The van der Waals surface area contributed by atoms with E-state index in [1.165, 1.54) is 5.56 Å². The summed E-state index contributed by atoms with van der Waals surface area (Å²) in [6, 6.07) is 4.66. The molecule has 0 aliphatic rings. The molecule has 1 aromatic rings. The number of hydrogen-bond acceptors (Lipinski definition) is 4. The Labute approximate surface area is 104 Å². The molecule has 0 spiro atoms. The van der Waals surface area contributed by atoms with Crippen LogP contribution < -0.4 is 10.2 Å². The fourth-order valence-electron chi connectivity index (χ4n) is 1.44. The van der Waals surface area contributed by atoms with Gasteiger partial charge in [-0.3, -0.25) is 0 Å². The summed E-state index contributed by atoms with van der Waals surface area (Å²) in [6.45, 7) is 6.74. The van der Waals surface area contributed by atoms with Crippen LogP contribution in [0.25, 0.3) is 0 Å². The molecule has 0 fully saturated rings. The largest absolute Gasteiger partial charge is 0.383 e. The standard InChI is InChI=1S/C13H23N3O/c1-11(2)15-10-12-5-6-14-13(9-12)16(3)7-8-17-4/h5-6,9,11,15H,7-8,10H2,1-4H3. The van der Waals surface area contributed by atoms with E-state index in [0.29, 0.717) is 12.6 Å². The average molecular weight is 237 g/mol. The lowest BCUT2D eigenvalue weighted by molar-refractivity contribution is 0.206. The van der Waals surface area contributed by atoms with Gasteiger partial charge in [-0.25, -0.2) is 4.98 Å². The average Bonchev–Trinajstić information content (AvgIpc) is 2.33. The Balaban J connectivity index is 2.58. The number of nitrogens with zero attached hydrogens (tertiary/aromatic N) is 2. The molecule has 1 heterocycles. The van der Waals surface area contributed by atoms with Gasteiger partial charge >= 0.3 is 0 Å². The minimum atomic E-state index is 0.498. The monoisotopic (exact) mass is 237 g/mol. The molecule has 96 valence electrons. The molecule has 0 aromatic carbocycles.